The summed E-state index contributed by atoms with van der Waals surface area (Å²) in [7, 11) is 1.12. The first-order chi connectivity index (χ1) is 8.90. The first-order valence-electron chi connectivity index (χ1n) is 5.72. The molecule has 0 fully saturated rings. The van der Waals surface area contributed by atoms with E-state index in [-0.39, 0.29) is 17.3 Å². The highest BCUT2D eigenvalue weighted by atomic mass is 32.2. The number of nitrogens with one attached hydrogen (secondary N) is 1. The molecule has 1 rings (SSSR count). The molecule has 0 bridgehead atoms. The maximum atomic E-state index is 11.6. The molecule has 0 aromatic heterocycles. The Balaban J connectivity index is 2.74. The van der Waals surface area contributed by atoms with Crippen LogP contribution in [0.1, 0.15) is 6.42 Å². The molecule has 1 aromatic rings. The molecule has 106 valence electrons. The summed E-state index contributed by atoms with van der Waals surface area (Å²) in [6, 6.07) is 6.44. The van der Waals surface area contributed by atoms with E-state index in [1.807, 2.05) is 11.9 Å². The van der Waals surface area contributed by atoms with Crippen molar-refractivity contribution in [2.75, 3.05) is 32.6 Å². The summed E-state index contributed by atoms with van der Waals surface area (Å²) in [6.07, 6.45) is 0.281. The van der Waals surface area contributed by atoms with Crippen molar-refractivity contribution < 1.29 is 17.9 Å². The number of esters is 1. The summed E-state index contributed by atoms with van der Waals surface area (Å²) in [5.41, 5.74) is 0.832. The van der Waals surface area contributed by atoms with Gasteiger partial charge in [0.1, 0.15) is 0 Å². The lowest BCUT2D eigenvalue weighted by Gasteiger charge is -2.18. The van der Waals surface area contributed by atoms with Crippen molar-refractivity contribution >= 4 is 21.7 Å². The van der Waals surface area contributed by atoms with Crippen LogP contribution in [-0.2, 0) is 19.6 Å². The lowest BCUT2D eigenvalue weighted by molar-refractivity contribution is -0.140. The third-order valence-corrected chi connectivity index (χ3v) is 4.17. The molecule has 19 heavy (non-hydrogen) atoms. The fraction of sp³-hybridized carbons (Fsp3) is 0.417. The van der Waals surface area contributed by atoms with Crippen molar-refractivity contribution in [2.24, 2.45) is 0 Å². The number of benzene rings is 1. The van der Waals surface area contributed by atoms with Gasteiger partial charge < -0.3 is 9.64 Å². The van der Waals surface area contributed by atoms with Crippen LogP contribution in [0.5, 0.6) is 0 Å². The molecule has 1 aromatic carbocycles. The zero-order valence-corrected chi connectivity index (χ0v) is 12.0. The topological polar surface area (TPSA) is 75.7 Å². The predicted molar refractivity (Wildman–Crippen MR) is 72.6 cm³/mol. The number of anilines is 1. The van der Waals surface area contributed by atoms with Crippen LogP contribution >= 0.6 is 0 Å². The Bertz CT molecular complexity index is 525. The van der Waals surface area contributed by atoms with Gasteiger partial charge in [-0.05, 0) is 31.3 Å². The molecule has 0 radical (unpaired) electrons. The molecular weight excluding hydrogens is 268 g/mol. The van der Waals surface area contributed by atoms with Gasteiger partial charge in [-0.1, -0.05) is 0 Å². The number of carbonyl (C=O) groups excluding carboxylic acids is 1. The Morgan fingerprint density at radius 1 is 1.32 bits per heavy atom. The van der Waals surface area contributed by atoms with Crippen LogP contribution in [0.15, 0.2) is 29.2 Å². The smallest absolute Gasteiger partial charge is 0.307 e. The van der Waals surface area contributed by atoms with Crippen LogP contribution in [0.4, 0.5) is 5.69 Å². The molecule has 0 aliphatic carbocycles. The molecule has 0 atom stereocenters. The number of nitrogens with zero attached hydrogens (tertiary/aromatic N) is 1. The Labute approximate surface area is 113 Å². The fourth-order valence-corrected chi connectivity index (χ4v) is 2.22. The fourth-order valence-electron chi connectivity index (χ4n) is 1.49. The van der Waals surface area contributed by atoms with Crippen molar-refractivity contribution in [3.05, 3.63) is 24.3 Å². The van der Waals surface area contributed by atoms with E-state index in [2.05, 4.69) is 9.46 Å². The summed E-state index contributed by atoms with van der Waals surface area (Å²) in [4.78, 5) is 13.1. The van der Waals surface area contributed by atoms with Gasteiger partial charge in [0, 0.05) is 19.3 Å². The van der Waals surface area contributed by atoms with Crippen molar-refractivity contribution in [2.45, 2.75) is 11.3 Å². The highest BCUT2D eigenvalue weighted by Crippen LogP contribution is 2.16. The van der Waals surface area contributed by atoms with Crippen LogP contribution in [0.25, 0.3) is 0 Å². The Morgan fingerprint density at radius 2 is 1.89 bits per heavy atom. The van der Waals surface area contributed by atoms with Gasteiger partial charge in [-0.25, -0.2) is 13.1 Å². The van der Waals surface area contributed by atoms with Gasteiger partial charge in [-0.2, -0.15) is 0 Å². The molecule has 7 heteroatoms. The maximum Gasteiger partial charge on any atom is 0.307 e. The predicted octanol–water partition coefficient (Wildman–Crippen LogP) is 0.594. The van der Waals surface area contributed by atoms with E-state index in [4.69, 9.17) is 0 Å². The van der Waals surface area contributed by atoms with Crippen molar-refractivity contribution in [3.8, 4) is 0 Å². The minimum Gasteiger partial charge on any atom is -0.469 e. The summed E-state index contributed by atoms with van der Waals surface area (Å²) < 4.78 is 29.9. The van der Waals surface area contributed by atoms with Crippen LogP contribution in [0.3, 0.4) is 0 Å². The molecule has 0 heterocycles. The van der Waals surface area contributed by atoms with Gasteiger partial charge in [0.25, 0.3) is 0 Å². The second-order valence-electron chi connectivity index (χ2n) is 3.95. The number of rotatable bonds is 6. The number of carbonyl (C=O) groups is 1. The minimum absolute atomic E-state index is 0.208. The van der Waals surface area contributed by atoms with E-state index in [0.717, 1.165) is 5.69 Å². The number of ether oxygens (including phenoxy) is 1. The largest absolute Gasteiger partial charge is 0.469 e. The number of hydrogen-bond acceptors (Lipinski definition) is 5. The Morgan fingerprint density at radius 3 is 2.37 bits per heavy atom. The van der Waals surface area contributed by atoms with Gasteiger partial charge in [0.05, 0.1) is 18.4 Å². The van der Waals surface area contributed by atoms with Gasteiger partial charge in [0.2, 0.25) is 10.0 Å². The van der Waals surface area contributed by atoms with Gasteiger partial charge in [0.15, 0.2) is 0 Å². The Hall–Kier alpha value is -1.60. The summed E-state index contributed by atoms with van der Waals surface area (Å²) in [5, 5.41) is 0. The molecule has 1 N–H and O–H groups in total. The van der Waals surface area contributed by atoms with Gasteiger partial charge in [-0.3, -0.25) is 4.79 Å². The molecule has 0 unspecified atom stereocenters. The maximum absolute atomic E-state index is 11.6. The van der Waals surface area contributed by atoms with Crippen molar-refractivity contribution in [1.82, 2.24) is 4.72 Å². The average Bonchev–Trinajstić information content (AvgIpc) is 2.44. The lowest BCUT2D eigenvalue weighted by atomic mass is 10.3. The third-order valence-electron chi connectivity index (χ3n) is 2.74. The monoisotopic (exact) mass is 286 g/mol. The Kier molecular flexibility index (Phi) is 5.31. The second kappa shape index (κ2) is 6.53. The van der Waals surface area contributed by atoms with Crippen molar-refractivity contribution in [1.29, 1.82) is 0 Å². The highest BCUT2D eigenvalue weighted by Gasteiger charge is 2.11. The number of methoxy groups -OCH3 is 1. The quantitative estimate of drug-likeness (QED) is 0.775. The zero-order valence-electron chi connectivity index (χ0n) is 11.2. The molecule has 0 amide bonds. The minimum atomic E-state index is -3.41. The summed E-state index contributed by atoms with van der Waals surface area (Å²) in [6.45, 7) is 0.505. The van der Waals surface area contributed by atoms with Crippen LogP contribution < -0.4 is 9.62 Å². The van der Waals surface area contributed by atoms with Crippen LogP contribution in [-0.4, -0.2) is 42.1 Å². The molecule has 6 nitrogen and oxygen atoms in total. The average molecular weight is 286 g/mol. The van der Waals surface area contributed by atoms with Crippen LogP contribution in [0.2, 0.25) is 0 Å². The molecule has 0 spiro atoms. The van der Waals surface area contributed by atoms with E-state index in [1.165, 1.54) is 26.3 Å². The first-order valence-corrected chi connectivity index (χ1v) is 7.20. The first kappa shape index (κ1) is 15.5. The second-order valence-corrected chi connectivity index (χ2v) is 5.84. The van der Waals surface area contributed by atoms with Crippen molar-refractivity contribution in [3.63, 3.8) is 0 Å². The number of hydrogen-bond donors (Lipinski definition) is 1. The zero-order chi connectivity index (χ0) is 14.5. The standard InChI is InChI=1S/C12H18N2O4S/c1-13-19(16,17)11-6-4-10(5-7-11)14(2)9-8-12(15)18-3/h4-7,13H,8-9H2,1-3H3. The SMILES string of the molecule is CNS(=O)(=O)c1ccc(N(C)CCC(=O)OC)cc1. The number of sulfonamides is 1. The molecule has 0 saturated heterocycles. The van der Waals surface area contributed by atoms with E-state index < -0.39 is 10.0 Å². The van der Waals surface area contributed by atoms with E-state index in [1.54, 1.807) is 12.1 Å². The molecule has 0 aliphatic rings. The van der Waals surface area contributed by atoms with E-state index in [9.17, 15) is 13.2 Å². The lowest BCUT2D eigenvalue weighted by Crippen LogP contribution is -2.22. The van der Waals surface area contributed by atoms with E-state index in [0.29, 0.717) is 6.54 Å². The summed E-state index contributed by atoms with van der Waals surface area (Å²) in [5.74, 6) is -0.277. The molecular formula is C12H18N2O4S. The van der Waals surface area contributed by atoms with E-state index >= 15 is 0 Å². The summed E-state index contributed by atoms with van der Waals surface area (Å²) >= 11 is 0. The normalized spacial score (nSPS) is 11.1. The molecule has 0 saturated carbocycles. The highest BCUT2D eigenvalue weighted by molar-refractivity contribution is 7.89. The third kappa shape index (κ3) is 4.22. The van der Waals surface area contributed by atoms with Gasteiger partial charge in [-0.15, -0.1) is 0 Å². The van der Waals surface area contributed by atoms with Gasteiger partial charge >= 0.3 is 5.97 Å². The molecule has 0 aliphatic heterocycles. The van der Waals surface area contributed by atoms with Crippen LogP contribution in [0, 0.1) is 0 Å².